The number of thioether (sulfide) groups is 2. The first-order chi connectivity index (χ1) is 7.22. The number of benzene rings is 1. The van der Waals surface area contributed by atoms with Crippen LogP contribution in [0.1, 0.15) is 12.5 Å². The van der Waals surface area contributed by atoms with Gasteiger partial charge in [0.1, 0.15) is 6.07 Å². The average Bonchev–Trinajstić information content (AvgIpc) is 2.28. The van der Waals surface area contributed by atoms with E-state index in [0.29, 0.717) is 11.1 Å². The smallest absolute Gasteiger partial charge is 0.101 e. The van der Waals surface area contributed by atoms with Crippen molar-refractivity contribution in [2.75, 3.05) is 12.1 Å². The molecule has 0 amide bonds. The van der Waals surface area contributed by atoms with Gasteiger partial charge in [-0.25, -0.2) is 0 Å². The lowest BCUT2D eigenvalue weighted by molar-refractivity contribution is 1.11. The van der Waals surface area contributed by atoms with Crippen LogP contribution in [0.15, 0.2) is 28.0 Å². The zero-order valence-corrected chi connectivity index (χ0v) is 11.0. The van der Waals surface area contributed by atoms with Crippen LogP contribution in [-0.4, -0.2) is 17.4 Å². The van der Waals surface area contributed by atoms with Gasteiger partial charge in [-0.3, -0.25) is 0 Å². The number of nitriles is 1. The number of hydrogen-bond acceptors (Lipinski definition) is 3. The molecule has 1 aromatic rings. The number of nitrogens with zero attached hydrogens (tertiary/aromatic N) is 1. The Morgan fingerprint density at radius 3 is 2.67 bits per heavy atom. The number of alkyl halides is 1. The van der Waals surface area contributed by atoms with E-state index in [0.717, 1.165) is 15.4 Å². The quantitative estimate of drug-likeness (QED) is 0.602. The third-order valence-electron chi connectivity index (χ3n) is 1.87. The molecule has 0 radical (unpaired) electrons. The molecule has 0 aromatic heterocycles. The summed E-state index contributed by atoms with van der Waals surface area (Å²) in [6.07, 6.45) is 1.98. The van der Waals surface area contributed by atoms with E-state index in [1.54, 1.807) is 23.5 Å². The van der Waals surface area contributed by atoms with Crippen LogP contribution in [0.3, 0.4) is 0 Å². The van der Waals surface area contributed by atoms with E-state index in [9.17, 15) is 0 Å². The second-order valence-electron chi connectivity index (χ2n) is 3.03. The Morgan fingerprint density at radius 2 is 2.13 bits per heavy atom. The fraction of sp³-hybridized carbons (Fsp3) is 0.364. The van der Waals surface area contributed by atoms with E-state index >= 15 is 0 Å². The molecule has 0 saturated heterocycles. The van der Waals surface area contributed by atoms with Crippen molar-refractivity contribution in [1.82, 2.24) is 0 Å². The summed E-state index contributed by atoms with van der Waals surface area (Å²) in [6, 6.07) is 8.19. The molecule has 0 fully saturated rings. The van der Waals surface area contributed by atoms with Gasteiger partial charge in [-0.2, -0.15) is 5.26 Å². The van der Waals surface area contributed by atoms with Crippen LogP contribution in [0.2, 0.25) is 0 Å². The van der Waals surface area contributed by atoms with E-state index in [4.69, 9.17) is 16.9 Å². The molecule has 0 spiro atoms. The monoisotopic (exact) mass is 257 g/mol. The minimum atomic E-state index is 0.330. The minimum Gasteiger partial charge on any atom is -0.192 e. The van der Waals surface area contributed by atoms with Gasteiger partial charge in [0.25, 0.3) is 0 Å². The number of rotatable bonds is 4. The first kappa shape index (κ1) is 12.8. The van der Waals surface area contributed by atoms with Crippen LogP contribution in [0.4, 0.5) is 0 Å². The predicted molar refractivity (Wildman–Crippen MR) is 69.0 cm³/mol. The maximum Gasteiger partial charge on any atom is 0.101 e. The molecule has 15 heavy (non-hydrogen) atoms. The molecule has 1 rings (SSSR count). The highest BCUT2D eigenvalue weighted by molar-refractivity contribution is 8.00. The van der Waals surface area contributed by atoms with Gasteiger partial charge in [-0.1, -0.05) is 13.0 Å². The molecule has 1 aromatic carbocycles. The van der Waals surface area contributed by atoms with E-state index in [1.807, 2.05) is 24.5 Å². The molecule has 0 saturated carbocycles. The molecule has 0 N–H and O–H groups in total. The van der Waals surface area contributed by atoms with Crippen molar-refractivity contribution in [2.24, 2.45) is 0 Å². The standard InChI is InChI=1S/C11H12ClNS2/c1-8(6-12)15-11-5-3-4-10(14-2)9(11)7-13/h3-5,8H,6H2,1-2H3. The molecule has 0 aliphatic carbocycles. The van der Waals surface area contributed by atoms with E-state index in [1.165, 1.54) is 0 Å². The van der Waals surface area contributed by atoms with Crippen LogP contribution in [0.5, 0.6) is 0 Å². The molecule has 0 aliphatic rings. The van der Waals surface area contributed by atoms with E-state index < -0.39 is 0 Å². The number of halogens is 1. The Balaban J connectivity index is 3.02. The van der Waals surface area contributed by atoms with Crippen molar-refractivity contribution in [3.05, 3.63) is 23.8 Å². The Hall–Kier alpha value is -0.300. The molecule has 1 atom stereocenters. The lowest BCUT2D eigenvalue weighted by Gasteiger charge is -2.10. The average molecular weight is 258 g/mol. The van der Waals surface area contributed by atoms with E-state index in [-0.39, 0.29) is 0 Å². The summed E-state index contributed by atoms with van der Waals surface area (Å²) in [5, 5.41) is 9.44. The summed E-state index contributed by atoms with van der Waals surface area (Å²) in [5.41, 5.74) is 0.770. The summed E-state index contributed by atoms with van der Waals surface area (Å²) < 4.78 is 0. The van der Waals surface area contributed by atoms with Crippen LogP contribution >= 0.6 is 35.1 Å². The third kappa shape index (κ3) is 3.34. The largest absolute Gasteiger partial charge is 0.192 e. The van der Waals surface area contributed by atoms with Gasteiger partial charge in [0.05, 0.1) is 5.56 Å². The second kappa shape index (κ2) is 6.32. The summed E-state index contributed by atoms with van der Waals surface area (Å²) in [5.74, 6) is 0.596. The topological polar surface area (TPSA) is 23.8 Å². The summed E-state index contributed by atoms with van der Waals surface area (Å²) >= 11 is 9.02. The second-order valence-corrected chi connectivity index (χ2v) is 5.66. The van der Waals surface area contributed by atoms with Crippen molar-refractivity contribution in [3.63, 3.8) is 0 Å². The van der Waals surface area contributed by atoms with Gasteiger partial charge >= 0.3 is 0 Å². The highest BCUT2D eigenvalue weighted by Crippen LogP contribution is 2.32. The normalized spacial score (nSPS) is 12.1. The van der Waals surface area contributed by atoms with Gasteiger partial charge in [-0.05, 0) is 18.4 Å². The molecule has 0 aliphatic heterocycles. The van der Waals surface area contributed by atoms with Gasteiger partial charge < -0.3 is 0 Å². The maximum absolute atomic E-state index is 9.11. The summed E-state index contributed by atoms with van der Waals surface area (Å²) in [4.78, 5) is 2.06. The Bertz CT molecular complexity index is 373. The maximum atomic E-state index is 9.11. The van der Waals surface area contributed by atoms with Gasteiger partial charge in [0, 0.05) is 20.9 Å². The Kier molecular flexibility index (Phi) is 5.38. The highest BCUT2D eigenvalue weighted by atomic mass is 35.5. The van der Waals surface area contributed by atoms with Crippen molar-refractivity contribution in [2.45, 2.75) is 22.0 Å². The SMILES string of the molecule is CSc1cccc(SC(C)CCl)c1C#N. The lowest BCUT2D eigenvalue weighted by atomic mass is 10.2. The van der Waals surface area contributed by atoms with Crippen LogP contribution in [0.25, 0.3) is 0 Å². The fourth-order valence-electron chi connectivity index (χ4n) is 1.14. The first-order valence-corrected chi connectivity index (χ1v) is 7.16. The van der Waals surface area contributed by atoms with Crippen LogP contribution < -0.4 is 0 Å². The summed E-state index contributed by atoms with van der Waals surface area (Å²) in [6.45, 7) is 2.06. The molecule has 4 heteroatoms. The zero-order valence-electron chi connectivity index (χ0n) is 8.66. The number of hydrogen-bond donors (Lipinski definition) is 0. The zero-order chi connectivity index (χ0) is 11.3. The van der Waals surface area contributed by atoms with Gasteiger partial charge in [-0.15, -0.1) is 35.1 Å². The molecular weight excluding hydrogens is 246 g/mol. The van der Waals surface area contributed by atoms with Crippen molar-refractivity contribution < 1.29 is 0 Å². The van der Waals surface area contributed by atoms with E-state index in [2.05, 4.69) is 13.0 Å². The fourth-order valence-corrected chi connectivity index (χ4v) is 2.89. The molecule has 0 heterocycles. The molecule has 0 bridgehead atoms. The van der Waals surface area contributed by atoms with Gasteiger partial charge in [0.15, 0.2) is 0 Å². The molecule has 1 unspecified atom stereocenters. The Labute approximate surface area is 104 Å². The summed E-state index contributed by atoms with van der Waals surface area (Å²) in [7, 11) is 0. The minimum absolute atomic E-state index is 0.330. The molecule has 1 nitrogen and oxygen atoms in total. The Morgan fingerprint density at radius 1 is 1.47 bits per heavy atom. The highest BCUT2D eigenvalue weighted by Gasteiger charge is 2.10. The van der Waals surface area contributed by atoms with Crippen molar-refractivity contribution in [1.29, 1.82) is 5.26 Å². The van der Waals surface area contributed by atoms with Gasteiger partial charge in [0.2, 0.25) is 0 Å². The van der Waals surface area contributed by atoms with Crippen LogP contribution in [0, 0.1) is 11.3 Å². The molecule has 80 valence electrons. The predicted octanol–water partition coefficient (Wildman–Crippen LogP) is 4.00. The van der Waals surface area contributed by atoms with Crippen molar-refractivity contribution in [3.8, 4) is 6.07 Å². The molecular formula is C11H12ClNS2. The first-order valence-electron chi connectivity index (χ1n) is 4.52. The van der Waals surface area contributed by atoms with Crippen LogP contribution in [-0.2, 0) is 0 Å². The van der Waals surface area contributed by atoms with Crippen molar-refractivity contribution >= 4 is 35.1 Å². The lowest BCUT2D eigenvalue weighted by Crippen LogP contribution is -1.98. The third-order valence-corrected chi connectivity index (χ3v) is 4.45.